The van der Waals surface area contributed by atoms with Crippen molar-refractivity contribution >= 4 is 5.97 Å². The second-order valence-corrected chi connectivity index (χ2v) is 6.89. The fourth-order valence-electron chi connectivity index (χ4n) is 3.00. The first-order chi connectivity index (χ1) is 12.8. The molecule has 0 saturated heterocycles. The van der Waals surface area contributed by atoms with Crippen LogP contribution in [0.15, 0.2) is 18.2 Å². The lowest BCUT2D eigenvalue weighted by Gasteiger charge is -2.18. The normalized spacial score (nSPS) is 12.8. The highest BCUT2D eigenvalue weighted by Crippen LogP contribution is 2.33. The van der Waals surface area contributed by atoms with Gasteiger partial charge in [-0.3, -0.25) is 0 Å². The lowest BCUT2D eigenvalue weighted by Crippen LogP contribution is -2.21. The summed E-state index contributed by atoms with van der Waals surface area (Å²) in [6, 6.07) is 2.00. The monoisotopic (exact) mass is 390 g/mol. The summed E-state index contributed by atoms with van der Waals surface area (Å²) in [5, 5.41) is 0. The molecule has 0 aliphatic carbocycles. The molecule has 0 aromatic heterocycles. The molecule has 0 heterocycles. The van der Waals surface area contributed by atoms with Gasteiger partial charge in [0, 0.05) is 0 Å². The van der Waals surface area contributed by atoms with Gasteiger partial charge in [-0.25, -0.2) is 9.18 Å². The first kappa shape index (κ1) is 23.4. The molecule has 6 heteroatoms. The zero-order valence-electron chi connectivity index (χ0n) is 16.2. The van der Waals surface area contributed by atoms with Crippen LogP contribution < -0.4 is 0 Å². The van der Waals surface area contributed by atoms with E-state index in [9.17, 15) is 22.4 Å². The fraction of sp³-hybridized carbons (Fsp3) is 0.667. The van der Waals surface area contributed by atoms with E-state index >= 15 is 0 Å². The van der Waals surface area contributed by atoms with E-state index in [2.05, 4.69) is 6.92 Å². The van der Waals surface area contributed by atoms with Crippen LogP contribution in [0.4, 0.5) is 17.6 Å². The Morgan fingerprint density at radius 2 is 1.59 bits per heavy atom. The second kappa shape index (κ2) is 12.0. The molecule has 0 spiro atoms. The van der Waals surface area contributed by atoms with Gasteiger partial charge < -0.3 is 4.74 Å². The fourth-order valence-corrected chi connectivity index (χ4v) is 3.00. The van der Waals surface area contributed by atoms with Crippen LogP contribution in [0.3, 0.4) is 0 Å². The summed E-state index contributed by atoms with van der Waals surface area (Å²) in [5.74, 6) is -2.08. The van der Waals surface area contributed by atoms with Crippen LogP contribution in [0.5, 0.6) is 0 Å². The largest absolute Gasteiger partial charge is 0.459 e. The number of carbonyl (C=O) groups is 1. The molecule has 154 valence electrons. The summed E-state index contributed by atoms with van der Waals surface area (Å²) in [7, 11) is 0. The molecule has 0 bridgehead atoms. The van der Waals surface area contributed by atoms with Crippen LogP contribution in [-0.4, -0.2) is 12.1 Å². The SMILES string of the molecule is CCCCCCCCCCC(CC)OC(=O)c1ccc(F)cc1C(F)(F)F. The Bertz CT molecular complexity index is 570. The number of hydrogen-bond acceptors (Lipinski definition) is 2. The van der Waals surface area contributed by atoms with Gasteiger partial charge in [-0.1, -0.05) is 58.8 Å². The number of hydrogen-bond donors (Lipinski definition) is 0. The van der Waals surface area contributed by atoms with Gasteiger partial charge in [-0.05, 0) is 37.5 Å². The molecule has 2 nitrogen and oxygen atoms in total. The summed E-state index contributed by atoms with van der Waals surface area (Å²) in [5.41, 5.74) is -1.94. The van der Waals surface area contributed by atoms with Gasteiger partial charge in [0.2, 0.25) is 0 Å². The molecule has 1 rings (SSSR count). The molecule has 0 saturated carbocycles. The number of rotatable bonds is 12. The maximum Gasteiger partial charge on any atom is 0.417 e. The quantitative estimate of drug-likeness (QED) is 0.212. The third kappa shape index (κ3) is 8.76. The summed E-state index contributed by atoms with van der Waals surface area (Å²) < 4.78 is 57.5. The summed E-state index contributed by atoms with van der Waals surface area (Å²) in [6.45, 7) is 4.01. The highest BCUT2D eigenvalue weighted by atomic mass is 19.4. The Morgan fingerprint density at radius 1 is 1.00 bits per heavy atom. The molecule has 1 unspecified atom stereocenters. The summed E-state index contributed by atoms with van der Waals surface area (Å²) in [6.07, 6.45) is 5.06. The Balaban J connectivity index is 2.50. The number of alkyl halides is 3. The van der Waals surface area contributed by atoms with E-state index < -0.39 is 35.2 Å². The van der Waals surface area contributed by atoms with E-state index in [-0.39, 0.29) is 0 Å². The number of unbranched alkanes of at least 4 members (excludes halogenated alkanes) is 7. The van der Waals surface area contributed by atoms with Gasteiger partial charge in [-0.15, -0.1) is 0 Å². The molecule has 27 heavy (non-hydrogen) atoms. The van der Waals surface area contributed by atoms with E-state index in [1.54, 1.807) is 0 Å². The molecule has 1 aromatic carbocycles. The van der Waals surface area contributed by atoms with E-state index in [0.29, 0.717) is 18.9 Å². The maximum absolute atomic E-state index is 13.2. The lowest BCUT2D eigenvalue weighted by atomic mass is 10.0. The average molecular weight is 390 g/mol. The summed E-state index contributed by atoms with van der Waals surface area (Å²) >= 11 is 0. The first-order valence-electron chi connectivity index (χ1n) is 9.87. The molecule has 0 aliphatic heterocycles. The minimum atomic E-state index is -4.81. The molecular formula is C21H30F4O2. The van der Waals surface area contributed by atoms with Crippen molar-refractivity contribution in [1.29, 1.82) is 0 Å². The smallest absolute Gasteiger partial charge is 0.417 e. The number of halogens is 4. The van der Waals surface area contributed by atoms with Crippen molar-refractivity contribution in [3.63, 3.8) is 0 Å². The van der Waals surface area contributed by atoms with Crippen molar-refractivity contribution in [2.75, 3.05) is 0 Å². The van der Waals surface area contributed by atoms with Crippen molar-refractivity contribution in [3.05, 3.63) is 35.1 Å². The molecule has 0 radical (unpaired) electrons. The second-order valence-electron chi connectivity index (χ2n) is 6.89. The van der Waals surface area contributed by atoms with Gasteiger partial charge >= 0.3 is 12.1 Å². The van der Waals surface area contributed by atoms with E-state index in [0.717, 1.165) is 31.4 Å². The molecule has 0 aliphatic rings. The molecule has 1 atom stereocenters. The topological polar surface area (TPSA) is 26.3 Å². The lowest BCUT2D eigenvalue weighted by molar-refractivity contribution is -0.138. The Morgan fingerprint density at radius 3 is 2.15 bits per heavy atom. The zero-order chi connectivity index (χ0) is 20.3. The Hall–Kier alpha value is -1.59. The van der Waals surface area contributed by atoms with Gasteiger partial charge in [-0.2, -0.15) is 13.2 Å². The van der Waals surface area contributed by atoms with Crippen molar-refractivity contribution < 1.29 is 27.1 Å². The Labute approximate surface area is 159 Å². The Kier molecular flexibility index (Phi) is 10.4. The van der Waals surface area contributed by atoms with E-state index in [1.807, 2.05) is 6.92 Å². The number of ether oxygens (including phenoxy) is 1. The van der Waals surface area contributed by atoms with Gasteiger partial charge in [0.1, 0.15) is 11.9 Å². The predicted octanol–water partition coefficient (Wildman–Crippen LogP) is 7.31. The minimum absolute atomic E-state index is 0.329. The summed E-state index contributed by atoms with van der Waals surface area (Å²) in [4.78, 5) is 12.2. The predicted molar refractivity (Wildman–Crippen MR) is 98.1 cm³/mol. The average Bonchev–Trinajstić information content (AvgIpc) is 2.61. The van der Waals surface area contributed by atoms with Crippen molar-refractivity contribution in [2.24, 2.45) is 0 Å². The van der Waals surface area contributed by atoms with Crippen LogP contribution in [0.25, 0.3) is 0 Å². The maximum atomic E-state index is 13.2. The third-order valence-corrected chi connectivity index (χ3v) is 4.62. The third-order valence-electron chi connectivity index (χ3n) is 4.62. The zero-order valence-corrected chi connectivity index (χ0v) is 16.2. The highest BCUT2D eigenvalue weighted by Gasteiger charge is 2.36. The van der Waals surface area contributed by atoms with Crippen molar-refractivity contribution in [2.45, 2.75) is 90.3 Å². The van der Waals surface area contributed by atoms with Crippen LogP contribution in [-0.2, 0) is 10.9 Å². The van der Waals surface area contributed by atoms with Gasteiger partial charge in [0.05, 0.1) is 11.1 Å². The number of carbonyl (C=O) groups excluding carboxylic acids is 1. The van der Waals surface area contributed by atoms with Crippen LogP contribution >= 0.6 is 0 Å². The molecule has 0 amide bonds. The van der Waals surface area contributed by atoms with E-state index in [1.165, 1.54) is 32.1 Å². The van der Waals surface area contributed by atoms with E-state index in [4.69, 9.17) is 4.74 Å². The van der Waals surface area contributed by atoms with Gasteiger partial charge in [0.25, 0.3) is 0 Å². The van der Waals surface area contributed by atoms with Crippen LogP contribution in [0.2, 0.25) is 0 Å². The van der Waals surface area contributed by atoms with Crippen LogP contribution in [0.1, 0.15) is 94.0 Å². The number of benzene rings is 1. The van der Waals surface area contributed by atoms with Crippen molar-refractivity contribution in [3.8, 4) is 0 Å². The van der Waals surface area contributed by atoms with Crippen LogP contribution in [0, 0.1) is 5.82 Å². The molecule has 0 fully saturated rings. The first-order valence-corrected chi connectivity index (χ1v) is 9.87. The number of esters is 1. The minimum Gasteiger partial charge on any atom is -0.459 e. The highest BCUT2D eigenvalue weighted by molar-refractivity contribution is 5.91. The molecule has 0 N–H and O–H groups in total. The van der Waals surface area contributed by atoms with Crippen molar-refractivity contribution in [1.82, 2.24) is 0 Å². The standard InChI is InChI=1S/C21H30F4O2/c1-3-5-6-7-8-9-10-11-12-17(4-2)27-20(26)18-14-13-16(22)15-19(18)21(23,24)25/h13-15,17H,3-12H2,1-2H3. The molecule has 1 aromatic rings. The van der Waals surface area contributed by atoms with Gasteiger partial charge in [0.15, 0.2) is 0 Å². The molecular weight excluding hydrogens is 360 g/mol.